The molecule has 2 N–H and O–H groups in total. The SMILES string of the molecule is CNC(=O)CNC(=O)CN1CCc2cc(OC)c(OC)cc2[C@H]1c1cccs1. The highest BCUT2D eigenvalue weighted by atomic mass is 32.1. The Morgan fingerprint density at radius 3 is 2.61 bits per heavy atom. The van der Waals surface area contributed by atoms with Gasteiger partial charge in [0.25, 0.3) is 0 Å². The third-order valence-electron chi connectivity index (χ3n) is 4.86. The van der Waals surface area contributed by atoms with Crippen LogP contribution < -0.4 is 20.1 Å². The van der Waals surface area contributed by atoms with Crippen molar-refractivity contribution in [3.63, 3.8) is 0 Å². The summed E-state index contributed by atoms with van der Waals surface area (Å²) in [6.45, 7) is 0.931. The van der Waals surface area contributed by atoms with Crippen LogP contribution in [0, 0.1) is 0 Å². The lowest BCUT2D eigenvalue weighted by Gasteiger charge is -2.37. The molecule has 1 aliphatic rings. The Kier molecular flexibility index (Phi) is 6.53. The quantitative estimate of drug-likeness (QED) is 0.734. The van der Waals surface area contributed by atoms with E-state index in [1.807, 2.05) is 23.6 Å². The van der Waals surface area contributed by atoms with Gasteiger partial charge in [-0.1, -0.05) is 6.07 Å². The van der Waals surface area contributed by atoms with Crippen LogP contribution in [-0.4, -0.2) is 57.6 Å². The van der Waals surface area contributed by atoms with Crippen LogP contribution >= 0.6 is 11.3 Å². The summed E-state index contributed by atoms with van der Waals surface area (Å²) in [5.41, 5.74) is 2.31. The molecular weight excluding hydrogens is 378 g/mol. The fraction of sp³-hybridized carbons (Fsp3) is 0.400. The molecule has 1 aromatic carbocycles. The molecule has 0 fully saturated rings. The number of amides is 2. The van der Waals surface area contributed by atoms with Crippen molar-refractivity contribution in [1.82, 2.24) is 15.5 Å². The zero-order valence-corrected chi connectivity index (χ0v) is 17.1. The normalized spacial score (nSPS) is 16.2. The fourth-order valence-corrected chi connectivity index (χ4v) is 4.33. The van der Waals surface area contributed by atoms with E-state index in [4.69, 9.17) is 9.47 Å². The highest BCUT2D eigenvalue weighted by Gasteiger charge is 2.32. The molecule has 0 radical (unpaired) electrons. The maximum atomic E-state index is 12.4. The van der Waals surface area contributed by atoms with Crippen molar-refractivity contribution in [1.29, 1.82) is 0 Å². The van der Waals surface area contributed by atoms with Crippen LogP contribution in [0.2, 0.25) is 0 Å². The summed E-state index contributed by atoms with van der Waals surface area (Å²) >= 11 is 1.66. The van der Waals surface area contributed by atoms with E-state index in [0.29, 0.717) is 11.5 Å². The van der Waals surface area contributed by atoms with Crippen molar-refractivity contribution in [2.24, 2.45) is 0 Å². The Hall–Kier alpha value is -2.58. The van der Waals surface area contributed by atoms with E-state index in [0.717, 1.165) is 23.4 Å². The van der Waals surface area contributed by atoms with Gasteiger partial charge < -0.3 is 20.1 Å². The highest BCUT2D eigenvalue weighted by molar-refractivity contribution is 7.10. The molecule has 2 heterocycles. The van der Waals surface area contributed by atoms with Crippen molar-refractivity contribution in [2.75, 3.05) is 40.9 Å². The average molecular weight is 404 g/mol. The lowest BCUT2D eigenvalue weighted by atomic mass is 9.91. The third-order valence-corrected chi connectivity index (χ3v) is 5.78. The maximum absolute atomic E-state index is 12.4. The smallest absolute Gasteiger partial charge is 0.239 e. The Bertz CT molecular complexity index is 838. The number of carbonyl (C=O) groups is 2. The number of likely N-dealkylation sites (N-methyl/N-ethyl adjacent to an activating group) is 1. The van der Waals surface area contributed by atoms with Crippen molar-refractivity contribution in [2.45, 2.75) is 12.5 Å². The number of methoxy groups -OCH3 is 2. The van der Waals surface area contributed by atoms with Gasteiger partial charge in [-0.25, -0.2) is 0 Å². The summed E-state index contributed by atoms with van der Waals surface area (Å²) in [5, 5.41) is 7.21. The molecule has 2 aromatic rings. The molecule has 0 spiro atoms. The van der Waals surface area contributed by atoms with Gasteiger partial charge in [0.1, 0.15) is 0 Å². The predicted molar refractivity (Wildman–Crippen MR) is 108 cm³/mol. The number of hydrogen-bond acceptors (Lipinski definition) is 6. The van der Waals surface area contributed by atoms with Crippen molar-refractivity contribution in [3.8, 4) is 11.5 Å². The Morgan fingerprint density at radius 1 is 1.21 bits per heavy atom. The van der Waals surface area contributed by atoms with E-state index < -0.39 is 0 Å². The van der Waals surface area contributed by atoms with Gasteiger partial charge in [-0.05, 0) is 41.1 Å². The molecular formula is C20H25N3O4S. The summed E-state index contributed by atoms with van der Waals surface area (Å²) in [4.78, 5) is 27.1. The molecule has 8 heteroatoms. The first-order chi connectivity index (χ1) is 13.6. The number of nitrogens with zero attached hydrogens (tertiary/aromatic N) is 1. The number of carbonyl (C=O) groups excluding carboxylic acids is 2. The van der Waals surface area contributed by atoms with Crippen LogP contribution in [0.1, 0.15) is 22.0 Å². The Labute approximate surface area is 168 Å². The molecule has 0 saturated carbocycles. The number of hydrogen-bond donors (Lipinski definition) is 2. The van der Waals surface area contributed by atoms with E-state index in [9.17, 15) is 9.59 Å². The molecule has 1 atom stereocenters. The van der Waals surface area contributed by atoms with Gasteiger partial charge in [0, 0.05) is 18.5 Å². The van der Waals surface area contributed by atoms with Gasteiger partial charge in [0.05, 0.1) is 33.4 Å². The van der Waals surface area contributed by atoms with Crippen molar-refractivity contribution >= 4 is 23.2 Å². The van der Waals surface area contributed by atoms with E-state index in [-0.39, 0.29) is 30.9 Å². The minimum absolute atomic E-state index is 0.0194. The standard InChI is InChI=1S/C20H25N3O4S/c1-21-18(24)11-22-19(25)12-23-7-6-13-9-15(26-2)16(27-3)10-14(13)20(23)17-5-4-8-28-17/h4-5,8-10,20H,6-7,11-12H2,1-3H3,(H,21,24)(H,22,25)/t20-/m0/s1. The minimum Gasteiger partial charge on any atom is -0.493 e. The summed E-state index contributed by atoms with van der Waals surface area (Å²) in [6.07, 6.45) is 0.806. The molecule has 0 bridgehead atoms. The van der Waals surface area contributed by atoms with Gasteiger partial charge in [-0.15, -0.1) is 11.3 Å². The Morgan fingerprint density at radius 2 is 1.96 bits per heavy atom. The molecule has 0 unspecified atom stereocenters. The maximum Gasteiger partial charge on any atom is 0.239 e. The van der Waals surface area contributed by atoms with E-state index in [1.165, 1.54) is 5.56 Å². The van der Waals surface area contributed by atoms with Gasteiger partial charge in [0.2, 0.25) is 11.8 Å². The van der Waals surface area contributed by atoms with E-state index in [2.05, 4.69) is 21.6 Å². The van der Waals surface area contributed by atoms with Crippen molar-refractivity contribution in [3.05, 3.63) is 45.6 Å². The second-order valence-corrected chi connectivity index (χ2v) is 7.47. The topological polar surface area (TPSA) is 79.9 Å². The second-order valence-electron chi connectivity index (χ2n) is 6.49. The number of benzene rings is 1. The fourth-order valence-electron chi connectivity index (χ4n) is 3.46. The first-order valence-electron chi connectivity index (χ1n) is 9.07. The number of ether oxygens (including phenoxy) is 2. The first-order valence-corrected chi connectivity index (χ1v) is 9.94. The lowest BCUT2D eigenvalue weighted by molar-refractivity contribution is -0.126. The van der Waals surface area contributed by atoms with Gasteiger partial charge in [-0.3, -0.25) is 14.5 Å². The first kappa shape index (κ1) is 20.2. The molecule has 7 nitrogen and oxygen atoms in total. The highest BCUT2D eigenvalue weighted by Crippen LogP contribution is 2.41. The molecule has 1 aliphatic heterocycles. The Balaban J connectivity index is 1.88. The van der Waals surface area contributed by atoms with Crippen LogP contribution in [0.5, 0.6) is 11.5 Å². The van der Waals surface area contributed by atoms with Crippen LogP contribution in [0.3, 0.4) is 0 Å². The minimum atomic E-state index is -0.219. The largest absolute Gasteiger partial charge is 0.493 e. The molecule has 3 rings (SSSR count). The number of fused-ring (bicyclic) bond motifs is 1. The van der Waals surface area contributed by atoms with Crippen LogP contribution in [0.4, 0.5) is 0 Å². The molecule has 1 aromatic heterocycles. The molecule has 28 heavy (non-hydrogen) atoms. The predicted octanol–water partition coefficient (Wildman–Crippen LogP) is 1.57. The van der Waals surface area contributed by atoms with Crippen LogP contribution in [-0.2, 0) is 16.0 Å². The monoisotopic (exact) mass is 403 g/mol. The summed E-state index contributed by atoms with van der Waals surface area (Å²) < 4.78 is 10.9. The van der Waals surface area contributed by atoms with Crippen LogP contribution in [0.25, 0.3) is 0 Å². The lowest BCUT2D eigenvalue weighted by Crippen LogP contribution is -2.44. The summed E-state index contributed by atoms with van der Waals surface area (Å²) in [5.74, 6) is 0.995. The molecule has 0 aliphatic carbocycles. The van der Waals surface area contributed by atoms with Gasteiger partial charge >= 0.3 is 0 Å². The van der Waals surface area contributed by atoms with E-state index >= 15 is 0 Å². The number of thiophene rings is 1. The molecule has 2 amide bonds. The number of nitrogens with one attached hydrogen (secondary N) is 2. The van der Waals surface area contributed by atoms with Gasteiger partial charge in [0.15, 0.2) is 11.5 Å². The average Bonchev–Trinajstić information content (AvgIpc) is 3.24. The zero-order chi connectivity index (χ0) is 20.1. The molecule has 150 valence electrons. The summed E-state index contributed by atoms with van der Waals surface area (Å²) in [6, 6.07) is 8.08. The second kappa shape index (κ2) is 9.07. The van der Waals surface area contributed by atoms with Gasteiger partial charge in [-0.2, -0.15) is 0 Å². The van der Waals surface area contributed by atoms with E-state index in [1.54, 1.807) is 32.6 Å². The van der Waals surface area contributed by atoms with Crippen molar-refractivity contribution < 1.29 is 19.1 Å². The molecule has 0 saturated heterocycles. The van der Waals surface area contributed by atoms with Crippen LogP contribution in [0.15, 0.2) is 29.6 Å². The number of rotatable bonds is 7. The zero-order valence-electron chi connectivity index (χ0n) is 16.3. The summed E-state index contributed by atoms with van der Waals surface area (Å²) in [7, 11) is 4.80. The third kappa shape index (κ3) is 4.28.